The lowest BCUT2D eigenvalue weighted by atomic mass is 10.2. The van der Waals surface area contributed by atoms with Gasteiger partial charge in [0.15, 0.2) is 0 Å². The molecule has 0 spiro atoms. The molecule has 0 bridgehead atoms. The number of halogens is 1. The number of ether oxygens (including phenoxy) is 1. The molecular formula is C8H11IN2O. The molecule has 1 unspecified atom stereocenters. The maximum atomic E-state index is 5.51. The van der Waals surface area contributed by atoms with Crippen molar-refractivity contribution >= 4 is 22.6 Å². The number of nitrogens with one attached hydrogen (secondary N) is 1. The largest absolute Gasteiger partial charge is 0.370 e. The summed E-state index contributed by atoms with van der Waals surface area (Å²) in [5.41, 5.74) is 1.14. The quantitative estimate of drug-likeness (QED) is 0.799. The van der Waals surface area contributed by atoms with Gasteiger partial charge in [0.1, 0.15) is 15.6 Å². The third-order valence-electron chi connectivity index (χ3n) is 2.08. The average Bonchev–Trinajstić information content (AvgIpc) is 2.61. The van der Waals surface area contributed by atoms with Crippen LogP contribution in [0.1, 0.15) is 30.5 Å². The molecule has 2 rings (SSSR count). The van der Waals surface area contributed by atoms with Gasteiger partial charge in [-0.1, -0.05) is 0 Å². The molecule has 1 aromatic heterocycles. The smallest absolute Gasteiger partial charge is 0.136 e. The van der Waals surface area contributed by atoms with Crippen molar-refractivity contribution < 1.29 is 4.74 Å². The second-order valence-electron chi connectivity index (χ2n) is 3.04. The van der Waals surface area contributed by atoms with E-state index in [9.17, 15) is 0 Å². The number of aromatic amines is 1. The molecule has 1 N–H and O–H groups in total. The highest BCUT2D eigenvalue weighted by atomic mass is 127. The van der Waals surface area contributed by atoms with Crippen molar-refractivity contribution in [3.05, 3.63) is 15.2 Å². The van der Waals surface area contributed by atoms with Gasteiger partial charge in [0.25, 0.3) is 0 Å². The van der Waals surface area contributed by atoms with E-state index in [1.807, 2.05) is 6.92 Å². The molecule has 0 saturated carbocycles. The zero-order valence-corrected chi connectivity index (χ0v) is 9.09. The summed E-state index contributed by atoms with van der Waals surface area (Å²) in [7, 11) is 0. The maximum absolute atomic E-state index is 5.51. The van der Waals surface area contributed by atoms with Crippen molar-refractivity contribution in [1.82, 2.24) is 9.97 Å². The summed E-state index contributed by atoms with van der Waals surface area (Å²) >= 11 is 2.23. The Hall–Kier alpha value is -0.100. The highest BCUT2D eigenvalue weighted by Crippen LogP contribution is 2.27. The van der Waals surface area contributed by atoms with Gasteiger partial charge in [-0.3, -0.25) is 0 Å². The first-order valence-electron chi connectivity index (χ1n) is 4.11. The van der Waals surface area contributed by atoms with Crippen molar-refractivity contribution in [2.75, 3.05) is 6.61 Å². The minimum atomic E-state index is 0.215. The van der Waals surface area contributed by atoms with Gasteiger partial charge in [0, 0.05) is 12.3 Å². The van der Waals surface area contributed by atoms with Crippen LogP contribution >= 0.6 is 22.6 Å². The second kappa shape index (κ2) is 3.33. The molecule has 0 radical (unpaired) electrons. The molecule has 0 aromatic carbocycles. The third kappa shape index (κ3) is 1.50. The lowest BCUT2D eigenvalue weighted by Crippen LogP contribution is -1.97. The summed E-state index contributed by atoms with van der Waals surface area (Å²) in [6.45, 7) is 2.91. The van der Waals surface area contributed by atoms with Crippen LogP contribution in [0.4, 0.5) is 0 Å². The number of hydrogen-bond donors (Lipinski definition) is 1. The summed E-state index contributed by atoms with van der Waals surface area (Å²) in [6.07, 6.45) is 2.47. The molecule has 0 amide bonds. The fourth-order valence-corrected chi connectivity index (χ4v) is 1.80. The molecule has 3 nitrogen and oxygen atoms in total. The SMILES string of the molecule is Cc1[nH]c(C2CCCO2)nc1I. The number of imidazole rings is 1. The number of aryl methyl sites for hydroxylation is 1. The van der Waals surface area contributed by atoms with Crippen LogP contribution in [0.2, 0.25) is 0 Å². The minimum Gasteiger partial charge on any atom is -0.370 e. The zero-order valence-electron chi connectivity index (χ0n) is 6.93. The van der Waals surface area contributed by atoms with Gasteiger partial charge < -0.3 is 9.72 Å². The maximum Gasteiger partial charge on any atom is 0.136 e. The Labute approximate surface area is 85.1 Å². The molecule has 0 aliphatic carbocycles. The average molecular weight is 278 g/mol. The van der Waals surface area contributed by atoms with Crippen molar-refractivity contribution in [2.45, 2.75) is 25.9 Å². The summed E-state index contributed by atoms with van der Waals surface area (Å²) < 4.78 is 6.56. The van der Waals surface area contributed by atoms with E-state index < -0.39 is 0 Å². The number of aromatic nitrogens is 2. The molecule has 1 atom stereocenters. The van der Waals surface area contributed by atoms with Crippen LogP contribution in [0.5, 0.6) is 0 Å². The molecule has 1 saturated heterocycles. The van der Waals surface area contributed by atoms with Crippen LogP contribution < -0.4 is 0 Å². The first kappa shape index (κ1) is 8.50. The van der Waals surface area contributed by atoms with Crippen LogP contribution in [0, 0.1) is 10.6 Å². The normalized spacial score (nSPS) is 23.3. The van der Waals surface area contributed by atoms with Crippen molar-refractivity contribution in [1.29, 1.82) is 0 Å². The molecule has 1 aliphatic rings. The number of H-pyrrole nitrogens is 1. The number of hydrogen-bond acceptors (Lipinski definition) is 2. The molecule has 1 fully saturated rings. The Morgan fingerprint density at radius 2 is 2.50 bits per heavy atom. The van der Waals surface area contributed by atoms with Gasteiger partial charge in [-0.05, 0) is 42.4 Å². The Morgan fingerprint density at radius 1 is 1.67 bits per heavy atom. The molecule has 12 heavy (non-hydrogen) atoms. The van der Waals surface area contributed by atoms with Gasteiger partial charge in [0.2, 0.25) is 0 Å². The van der Waals surface area contributed by atoms with Crippen molar-refractivity contribution in [3.8, 4) is 0 Å². The van der Waals surface area contributed by atoms with Crippen molar-refractivity contribution in [2.24, 2.45) is 0 Å². The first-order chi connectivity index (χ1) is 5.77. The molecule has 4 heteroatoms. The summed E-state index contributed by atoms with van der Waals surface area (Å²) in [4.78, 5) is 7.64. The fourth-order valence-electron chi connectivity index (χ4n) is 1.41. The lowest BCUT2D eigenvalue weighted by molar-refractivity contribution is 0.105. The molecular weight excluding hydrogens is 267 g/mol. The first-order valence-corrected chi connectivity index (χ1v) is 5.19. The highest BCUT2D eigenvalue weighted by Gasteiger charge is 2.21. The van der Waals surface area contributed by atoms with E-state index in [0.29, 0.717) is 0 Å². The molecule has 2 heterocycles. The molecule has 1 aliphatic heterocycles. The van der Waals surface area contributed by atoms with E-state index >= 15 is 0 Å². The monoisotopic (exact) mass is 278 g/mol. The summed E-state index contributed by atoms with van der Waals surface area (Å²) in [6, 6.07) is 0. The van der Waals surface area contributed by atoms with Crippen LogP contribution in [-0.2, 0) is 4.74 Å². The molecule has 66 valence electrons. The van der Waals surface area contributed by atoms with E-state index in [-0.39, 0.29) is 6.10 Å². The van der Waals surface area contributed by atoms with Gasteiger partial charge in [-0.2, -0.15) is 0 Å². The predicted octanol–water partition coefficient (Wildman–Crippen LogP) is 2.17. The fraction of sp³-hybridized carbons (Fsp3) is 0.625. The van der Waals surface area contributed by atoms with E-state index in [1.54, 1.807) is 0 Å². The topological polar surface area (TPSA) is 37.9 Å². The van der Waals surface area contributed by atoms with Gasteiger partial charge >= 0.3 is 0 Å². The summed E-state index contributed by atoms with van der Waals surface area (Å²) in [5.74, 6) is 0.995. The second-order valence-corrected chi connectivity index (χ2v) is 4.06. The summed E-state index contributed by atoms with van der Waals surface area (Å²) in [5, 5.41) is 0. The Kier molecular flexibility index (Phi) is 2.36. The van der Waals surface area contributed by atoms with E-state index in [1.165, 1.54) is 0 Å². The van der Waals surface area contributed by atoms with Gasteiger partial charge in [-0.25, -0.2) is 4.98 Å². The Morgan fingerprint density at radius 3 is 3.00 bits per heavy atom. The van der Waals surface area contributed by atoms with E-state index in [4.69, 9.17) is 4.74 Å². The molecule has 1 aromatic rings. The van der Waals surface area contributed by atoms with Crippen LogP contribution in [0.15, 0.2) is 0 Å². The van der Waals surface area contributed by atoms with Crippen LogP contribution in [0.3, 0.4) is 0 Å². The van der Waals surface area contributed by atoms with E-state index in [0.717, 1.165) is 34.7 Å². The predicted molar refractivity (Wildman–Crippen MR) is 54.0 cm³/mol. The van der Waals surface area contributed by atoms with Crippen LogP contribution in [-0.4, -0.2) is 16.6 Å². The number of rotatable bonds is 1. The van der Waals surface area contributed by atoms with E-state index in [2.05, 4.69) is 32.6 Å². The van der Waals surface area contributed by atoms with Gasteiger partial charge in [0.05, 0.1) is 0 Å². The lowest BCUT2D eigenvalue weighted by Gasteiger charge is -2.03. The van der Waals surface area contributed by atoms with Crippen LogP contribution in [0.25, 0.3) is 0 Å². The van der Waals surface area contributed by atoms with Crippen molar-refractivity contribution in [3.63, 3.8) is 0 Å². The minimum absolute atomic E-state index is 0.215. The standard InChI is InChI=1S/C8H11IN2O/c1-5-7(9)11-8(10-5)6-3-2-4-12-6/h6H,2-4H2,1H3,(H,10,11). The zero-order chi connectivity index (χ0) is 8.55. The van der Waals surface area contributed by atoms with Gasteiger partial charge in [-0.15, -0.1) is 0 Å². The Bertz CT molecular complexity index is 259. The number of nitrogens with zero attached hydrogens (tertiary/aromatic N) is 1. The Balaban J connectivity index is 2.21. The highest BCUT2D eigenvalue weighted by molar-refractivity contribution is 14.1. The third-order valence-corrected chi connectivity index (χ3v) is 3.13.